The van der Waals surface area contributed by atoms with Gasteiger partial charge in [-0.05, 0) is 0 Å². The van der Waals surface area contributed by atoms with Crippen LogP contribution in [0.2, 0.25) is 5.15 Å². The number of halogens is 1. The molecule has 0 aliphatic heterocycles. The molecule has 0 unspecified atom stereocenters. The minimum Gasteiger partial charge on any atom is -0.310 e. The smallest absolute Gasteiger partial charge is 0.240 e. The number of anilines is 1. The van der Waals surface area contributed by atoms with Gasteiger partial charge < -0.3 is 5.32 Å². The van der Waals surface area contributed by atoms with Gasteiger partial charge in [-0.2, -0.15) is 0 Å². The molecule has 6 nitrogen and oxygen atoms in total. The SMILES string of the molecule is CS(=O)(=O)CC(=O)Nc1cc(Cl)ncn1. The van der Waals surface area contributed by atoms with Crippen LogP contribution in [-0.2, 0) is 14.6 Å². The van der Waals surface area contributed by atoms with Crippen LogP contribution in [0.4, 0.5) is 5.82 Å². The molecule has 0 aromatic carbocycles. The second-order valence-electron chi connectivity index (χ2n) is 2.84. The summed E-state index contributed by atoms with van der Waals surface area (Å²) in [5, 5.41) is 2.45. The van der Waals surface area contributed by atoms with Gasteiger partial charge >= 0.3 is 0 Å². The molecule has 0 radical (unpaired) electrons. The molecule has 1 amide bonds. The largest absolute Gasteiger partial charge is 0.310 e. The van der Waals surface area contributed by atoms with E-state index in [2.05, 4.69) is 15.3 Å². The van der Waals surface area contributed by atoms with Crippen LogP contribution in [0.5, 0.6) is 0 Å². The highest BCUT2D eigenvalue weighted by molar-refractivity contribution is 7.91. The fourth-order valence-electron chi connectivity index (χ4n) is 0.819. The highest BCUT2D eigenvalue weighted by atomic mass is 35.5. The molecular weight excluding hydrogens is 242 g/mol. The van der Waals surface area contributed by atoms with Crippen LogP contribution in [0.1, 0.15) is 0 Å². The fraction of sp³-hybridized carbons (Fsp3) is 0.286. The van der Waals surface area contributed by atoms with Gasteiger partial charge in [0, 0.05) is 12.3 Å². The van der Waals surface area contributed by atoms with Gasteiger partial charge in [0.1, 0.15) is 23.1 Å². The second-order valence-corrected chi connectivity index (χ2v) is 5.37. The quantitative estimate of drug-likeness (QED) is 0.769. The molecule has 0 fully saturated rings. The Morgan fingerprint density at radius 2 is 2.20 bits per heavy atom. The van der Waals surface area contributed by atoms with Crippen LogP contribution in [-0.4, -0.2) is 36.3 Å². The third kappa shape index (κ3) is 4.71. The maximum Gasteiger partial charge on any atom is 0.240 e. The average molecular weight is 250 g/mol. The first kappa shape index (κ1) is 11.9. The van der Waals surface area contributed by atoms with E-state index in [9.17, 15) is 13.2 Å². The zero-order valence-electron chi connectivity index (χ0n) is 7.77. The average Bonchev–Trinajstić information content (AvgIpc) is 1.99. The van der Waals surface area contributed by atoms with Gasteiger partial charge in [-0.3, -0.25) is 4.79 Å². The van der Waals surface area contributed by atoms with E-state index in [1.165, 1.54) is 12.4 Å². The number of sulfone groups is 1. The molecule has 1 rings (SSSR count). The van der Waals surface area contributed by atoms with Crippen molar-refractivity contribution in [1.29, 1.82) is 0 Å². The minimum absolute atomic E-state index is 0.166. The number of nitrogens with one attached hydrogen (secondary N) is 1. The van der Waals surface area contributed by atoms with Gasteiger partial charge in [-0.25, -0.2) is 18.4 Å². The molecular formula is C7H8ClN3O3S. The summed E-state index contributed by atoms with van der Waals surface area (Å²) >= 11 is 5.54. The summed E-state index contributed by atoms with van der Waals surface area (Å²) in [6.45, 7) is 0. The molecule has 0 aliphatic carbocycles. The molecule has 0 saturated carbocycles. The van der Waals surface area contributed by atoms with Gasteiger partial charge in [0.15, 0.2) is 9.84 Å². The van der Waals surface area contributed by atoms with Gasteiger partial charge in [0.05, 0.1) is 0 Å². The summed E-state index contributed by atoms with van der Waals surface area (Å²) in [4.78, 5) is 18.4. The van der Waals surface area contributed by atoms with Crippen molar-refractivity contribution in [3.63, 3.8) is 0 Å². The monoisotopic (exact) mass is 249 g/mol. The van der Waals surface area contributed by atoms with E-state index in [4.69, 9.17) is 11.6 Å². The Morgan fingerprint density at radius 3 is 2.73 bits per heavy atom. The predicted molar refractivity (Wildman–Crippen MR) is 55.4 cm³/mol. The lowest BCUT2D eigenvalue weighted by Crippen LogP contribution is -2.22. The van der Waals surface area contributed by atoms with Gasteiger partial charge in [-0.15, -0.1) is 0 Å². The summed E-state index contributed by atoms with van der Waals surface area (Å²) in [6, 6.07) is 1.32. The lowest BCUT2D eigenvalue weighted by molar-refractivity contribution is -0.113. The molecule has 1 N–H and O–H groups in total. The summed E-state index contributed by atoms with van der Waals surface area (Å²) < 4.78 is 21.6. The van der Waals surface area contributed by atoms with Gasteiger partial charge in [-0.1, -0.05) is 11.6 Å². The lowest BCUT2D eigenvalue weighted by atomic mass is 10.5. The van der Waals surface area contributed by atoms with Gasteiger partial charge in [0.2, 0.25) is 5.91 Å². The number of hydrogen-bond acceptors (Lipinski definition) is 5. The van der Waals surface area contributed by atoms with Crippen molar-refractivity contribution < 1.29 is 13.2 Å². The van der Waals surface area contributed by atoms with E-state index in [1.807, 2.05) is 0 Å². The topological polar surface area (TPSA) is 89.0 Å². The lowest BCUT2D eigenvalue weighted by Gasteiger charge is -2.02. The predicted octanol–water partition coefficient (Wildman–Crippen LogP) is 0.113. The van der Waals surface area contributed by atoms with Crippen LogP contribution in [0.3, 0.4) is 0 Å². The molecule has 8 heteroatoms. The van der Waals surface area contributed by atoms with E-state index in [0.29, 0.717) is 0 Å². The van der Waals surface area contributed by atoms with E-state index >= 15 is 0 Å². The van der Waals surface area contributed by atoms with E-state index < -0.39 is 21.5 Å². The van der Waals surface area contributed by atoms with E-state index in [-0.39, 0.29) is 11.0 Å². The Balaban J connectivity index is 2.67. The molecule has 0 saturated heterocycles. The maximum atomic E-state index is 11.1. The number of aromatic nitrogens is 2. The first-order valence-corrected chi connectivity index (χ1v) is 6.26. The Kier molecular flexibility index (Phi) is 3.59. The summed E-state index contributed by atoms with van der Waals surface area (Å²) in [6.07, 6.45) is 2.14. The second kappa shape index (κ2) is 4.54. The van der Waals surface area contributed by atoms with Crippen molar-refractivity contribution >= 4 is 33.2 Å². The van der Waals surface area contributed by atoms with E-state index in [0.717, 1.165) is 6.26 Å². The highest BCUT2D eigenvalue weighted by Crippen LogP contribution is 2.08. The van der Waals surface area contributed by atoms with E-state index in [1.54, 1.807) is 0 Å². The van der Waals surface area contributed by atoms with Crippen LogP contribution in [0.15, 0.2) is 12.4 Å². The standard InChI is InChI=1S/C7H8ClN3O3S/c1-15(13,14)3-7(12)11-6-2-5(8)9-4-10-6/h2,4H,3H2,1H3,(H,9,10,11,12). The zero-order chi connectivity index (χ0) is 11.5. The summed E-state index contributed by atoms with van der Waals surface area (Å²) in [5.41, 5.74) is 0. The van der Waals surface area contributed by atoms with Crippen LogP contribution < -0.4 is 5.32 Å². The number of rotatable bonds is 3. The van der Waals surface area contributed by atoms with Gasteiger partial charge in [0.25, 0.3) is 0 Å². The molecule has 0 bridgehead atoms. The number of amides is 1. The summed E-state index contributed by atoms with van der Waals surface area (Å²) in [5.74, 6) is -1.08. The number of hydrogen-bond donors (Lipinski definition) is 1. The minimum atomic E-state index is -3.34. The molecule has 0 aliphatic rings. The van der Waals surface area contributed by atoms with Crippen molar-refractivity contribution in [3.05, 3.63) is 17.5 Å². The first-order valence-electron chi connectivity index (χ1n) is 3.82. The van der Waals surface area contributed by atoms with Crippen molar-refractivity contribution in [2.45, 2.75) is 0 Å². The third-order valence-corrected chi connectivity index (χ3v) is 2.29. The number of nitrogens with zero attached hydrogens (tertiary/aromatic N) is 2. The number of carbonyl (C=O) groups is 1. The Morgan fingerprint density at radius 1 is 1.53 bits per heavy atom. The highest BCUT2D eigenvalue weighted by Gasteiger charge is 2.11. The summed E-state index contributed by atoms with van der Waals surface area (Å²) in [7, 11) is -3.34. The van der Waals surface area contributed by atoms with Crippen molar-refractivity contribution in [2.24, 2.45) is 0 Å². The molecule has 0 atom stereocenters. The Bertz CT molecular complexity index is 474. The molecule has 1 aromatic rings. The van der Waals surface area contributed by atoms with Crippen molar-refractivity contribution in [2.75, 3.05) is 17.3 Å². The zero-order valence-corrected chi connectivity index (χ0v) is 9.34. The fourth-order valence-corrected chi connectivity index (χ4v) is 1.51. The number of carbonyl (C=O) groups excluding carboxylic acids is 1. The Hall–Kier alpha value is -1.21. The molecule has 82 valence electrons. The third-order valence-electron chi connectivity index (χ3n) is 1.29. The van der Waals surface area contributed by atoms with Crippen LogP contribution >= 0.6 is 11.6 Å². The molecule has 1 heterocycles. The first-order chi connectivity index (χ1) is 6.87. The van der Waals surface area contributed by atoms with Crippen molar-refractivity contribution in [1.82, 2.24) is 9.97 Å². The van der Waals surface area contributed by atoms with Crippen molar-refractivity contribution in [3.8, 4) is 0 Å². The maximum absolute atomic E-state index is 11.1. The molecule has 0 spiro atoms. The van der Waals surface area contributed by atoms with Crippen LogP contribution in [0, 0.1) is 0 Å². The van der Waals surface area contributed by atoms with Crippen LogP contribution in [0.25, 0.3) is 0 Å². The molecule has 1 aromatic heterocycles. The normalized spacial score (nSPS) is 11.1. The Labute approximate surface area is 91.6 Å². The molecule has 15 heavy (non-hydrogen) atoms.